The summed E-state index contributed by atoms with van der Waals surface area (Å²) in [5.74, 6) is 0. The number of nitrogens with zero attached hydrogens (tertiary/aromatic N) is 2. The summed E-state index contributed by atoms with van der Waals surface area (Å²) in [7, 11) is 1.86. The van der Waals surface area contributed by atoms with Crippen molar-refractivity contribution in [2.75, 3.05) is 33.2 Å². The van der Waals surface area contributed by atoms with E-state index in [9.17, 15) is 0 Å². The van der Waals surface area contributed by atoms with Crippen LogP contribution in [0.2, 0.25) is 10.0 Å². The van der Waals surface area contributed by atoms with Crippen LogP contribution in [0.4, 0.5) is 0 Å². The van der Waals surface area contributed by atoms with Gasteiger partial charge < -0.3 is 10.2 Å². The second kappa shape index (κ2) is 6.75. The molecule has 1 fully saturated rings. The van der Waals surface area contributed by atoms with E-state index in [2.05, 4.69) is 15.1 Å². The van der Waals surface area contributed by atoms with Gasteiger partial charge in [-0.25, -0.2) is 0 Å². The van der Waals surface area contributed by atoms with Gasteiger partial charge in [0.25, 0.3) is 0 Å². The molecule has 1 saturated heterocycles. The van der Waals surface area contributed by atoms with Crippen LogP contribution in [0.5, 0.6) is 0 Å². The van der Waals surface area contributed by atoms with Crippen molar-refractivity contribution in [1.29, 1.82) is 0 Å². The van der Waals surface area contributed by atoms with E-state index in [1.165, 1.54) is 0 Å². The highest BCUT2D eigenvalue weighted by Crippen LogP contribution is 2.22. The quantitative estimate of drug-likeness (QED) is 0.845. The van der Waals surface area contributed by atoms with Crippen LogP contribution in [-0.2, 0) is 6.54 Å². The van der Waals surface area contributed by atoms with Crippen molar-refractivity contribution >= 4 is 40.5 Å². The van der Waals surface area contributed by atoms with Gasteiger partial charge in [0.2, 0.25) is 0 Å². The summed E-state index contributed by atoms with van der Waals surface area (Å²) in [6.07, 6.45) is 0. The summed E-state index contributed by atoms with van der Waals surface area (Å²) < 4.78 is 0. The van der Waals surface area contributed by atoms with Crippen LogP contribution in [0.3, 0.4) is 0 Å². The molecule has 2 rings (SSSR count). The largest absolute Gasteiger partial charge is 0.366 e. The number of rotatable bonds is 2. The van der Waals surface area contributed by atoms with Gasteiger partial charge in [-0.1, -0.05) is 29.3 Å². The molecule has 0 unspecified atom stereocenters. The van der Waals surface area contributed by atoms with E-state index in [1.807, 2.05) is 19.2 Å². The van der Waals surface area contributed by atoms with E-state index in [0.29, 0.717) is 5.02 Å². The molecule has 0 aliphatic carbocycles. The van der Waals surface area contributed by atoms with Crippen LogP contribution in [0.15, 0.2) is 18.2 Å². The number of thiocarbonyl (C=S) groups is 1. The van der Waals surface area contributed by atoms with Crippen LogP contribution in [-0.4, -0.2) is 48.1 Å². The third kappa shape index (κ3) is 3.96. The Balaban J connectivity index is 1.90. The number of nitrogens with one attached hydrogen (secondary N) is 1. The number of hydrogen-bond acceptors (Lipinski definition) is 2. The highest BCUT2D eigenvalue weighted by Gasteiger charge is 2.18. The molecule has 0 saturated carbocycles. The molecule has 0 aromatic heterocycles. The first-order valence-electron chi connectivity index (χ1n) is 6.23. The van der Waals surface area contributed by atoms with E-state index < -0.39 is 0 Å². The maximum atomic E-state index is 6.20. The van der Waals surface area contributed by atoms with Gasteiger partial charge in [0.15, 0.2) is 5.11 Å². The van der Waals surface area contributed by atoms with Gasteiger partial charge in [-0.3, -0.25) is 4.90 Å². The average molecular weight is 318 g/mol. The van der Waals surface area contributed by atoms with E-state index in [4.69, 9.17) is 35.4 Å². The fourth-order valence-electron chi connectivity index (χ4n) is 2.16. The molecule has 19 heavy (non-hydrogen) atoms. The minimum absolute atomic E-state index is 0.679. The van der Waals surface area contributed by atoms with Gasteiger partial charge in [-0.15, -0.1) is 0 Å². The first-order valence-corrected chi connectivity index (χ1v) is 7.39. The highest BCUT2D eigenvalue weighted by molar-refractivity contribution is 7.80. The van der Waals surface area contributed by atoms with Crippen LogP contribution in [0, 0.1) is 0 Å². The first kappa shape index (κ1) is 14.9. The Hall–Kier alpha value is -0.550. The van der Waals surface area contributed by atoms with Crippen LogP contribution in [0.1, 0.15) is 5.56 Å². The molecule has 6 heteroatoms. The molecule has 1 aliphatic rings. The normalized spacial score (nSPS) is 16.5. The molecule has 0 radical (unpaired) electrons. The van der Waals surface area contributed by atoms with Gasteiger partial charge in [0.05, 0.1) is 0 Å². The Bertz CT molecular complexity index is 459. The maximum absolute atomic E-state index is 6.20. The van der Waals surface area contributed by atoms with Crippen molar-refractivity contribution in [3.8, 4) is 0 Å². The van der Waals surface area contributed by atoms with Crippen molar-refractivity contribution in [2.24, 2.45) is 0 Å². The molecule has 1 N–H and O–H groups in total. The molecular formula is C13H17Cl2N3S. The molecule has 1 heterocycles. The molecule has 0 atom stereocenters. The zero-order chi connectivity index (χ0) is 13.8. The molecule has 1 aromatic carbocycles. The van der Waals surface area contributed by atoms with Crippen LogP contribution < -0.4 is 5.32 Å². The molecule has 1 aliphatic heterocycles. The van der Waals surface area contributed by atoms with Gasteiger partial charge in [-0.2, -0.15) is 0 Å². The van der Waals surface area contributed by atoms with Crippen molar-refractivity contribution in [3.05, 3.63) is 33.8 Å². The Labute approximate surface area is 129 Å². The molecular weight excluding hydrogens is 301 g/mol. The predicted octanol–water partition coefficient (Wildman–Crippen LogP) is 2.62. The molecule has 0 spiro atoms. The number of piperazine rings is 1. The summed E-state index contributed by atoms with van der Waals surface area (Å²) in [4.78, 5) is 4.57. The minimum atomic E-state index is 0.679. The van der Waals surface area contributed by atoms with Gasteiger partial charge in [0, 0.05) is 49.8 Å². The highest BCUT2D eigenvalue weighted by atomic mass is 35.5. The second-order valence-corrected chi connectivity index (χ2v) is 5.78. The Morgan fingerprint density at radius 3 is 2.53 bits per heavy atom. The molecule has 1 aromatic rings. The molecule has 104 valence electrons. The maximum Gasteiger partial charge on any atom is 0.168 e. The van der Waals surface area contributed by atoms with E-state index >= 15 is 0 Å². The topological polar surface area (TPSA) is 18.5 Å². The minimum Gasteiger partial charge on any atom is -0.366 e. The van der Waals surface area contributed by atoms with Crippen LogP contribution in [0.25, 0.3) is 0 Å². The summed E-state index contributed by atoms with van der Waals surface area (Å²) in [5, 5.41) is 5.26. The van der Waals surface area contributed by atoms with Crippen molar-refractivity contribution in [2.45, 2.75) is 6.54 Å². The van der Waals surface area contributed by atoms with Gasteiger partial charge >= 0.3 is 0 Å². The Kier molecular flexibility index (Phi) is 5.28. The summed E-state index contributed by atoms with van der Waals surface area (Å²) in [6.45, 7) is 4.73. The SMILES string of the molecule is CNC(=S)N1CCN(Cc2ccc(Cl)cc2Cl)CC1. The smallest absolute Gasteiger partial charge is 0.168 e. The van der Waals surface area contributed by atoms with E-state index in [-0.39, 0.29) is 0 Å². The fraction of sp³-hybridized carbons (Fsp3) is 0.462. The molecule has 0 bridgehead atoms. The second-order valence-electron chi connectivity index (χ2n) is 4.55. The molecule has 0 amide bonds. The lowest BCUT2D eigenvalue weighted by Crippen LogP contribution is -2.50. The zero-order valence-electron chi connectivity index (χ0n) is 10.8. The van der Waals surface area contributed by atoms with Gasteiger partial charge in [-0.05, 0) is 29.9 Å². The number of hydrogen-bond donors (Lipinski definition) is 1. The fourth-order valence-corrected chi connectivity index (χ4v) is 2.81. The summed E-state index contributed by atoms with van der Waals surface area (Å²) >= 11 is 17.3. The number of benzene rings is 1. The Morgan fingerprint density at radius 1 is 1.26 bits per heavy atom. The predicted molar refractivity (Wildman–Crippen MR) is 85.0 cm³/mol. The lowest BCUT2D eigenvalue weighted by atomic mass is 10.2. The summed E-state index contributed by atoms with van der Waals surface area (Å²) in [5.41, 5.74) is 1.12. The lowest BCUT2D eigenvalue weighted by molar-refractivity contribution is 0.175. The zero-order valence-corrected chi connectivity index (χ0v) is 13.2. The van der Waals surface area contributed by atoms with E-state index in [1.54, 1.807) is 6.07 Å². The van der Waals surface area contributed by atoms with E-state index in [0.717, 1.165) is 48.4 Å². The Morgan fingerprint density at radius 2 is 1.95 bits per heavy atom. The number of halogens is 2. The molecule has 3 nitrogen and oxygen atoms in total. The third-order valence-corrected chi connectivity index (χ3v) is 4.33. The third-order valence-electron chi connectivity index (χ3n) is 3.28. The average Bonchev–Trinajstić information content (AvgIpc) is 2.42. The van der Waals surface area contributed by atoms with Gasteiger partial charge in [0.1, 0.15) is 0 Å². The van der Waals surface area contributed by atoms with Crippen molar-refractivity contribution in [3.63, 3.8) is 0 Å². The van der Waals surface area contributed by atoms with Crippen molar-refractivity contribution < 1.29 is 0 Å². The summed E-state index contributed by atoms with van der Waals surface area (Å²) in [6, 6.07) is 5.68. The monoisotopic (exact) mass is 317 g/mol. The lowest BCUT2D eigenvalue weighted by Gasteiger charge is -2.36. The van der Waals surface area contributed by atoms with Crippen molar-refractivity contribution in [1.82, 2.24) is 15.1 Å². The first-order chi connectivity index (χ1) is 9.10. The van der Waals surface area contributed by atoms with Crippen LogP contribution >= 0.6 is 35.4 Å². The standard InChI is InChI=1S/C13H17Cl2N3S/c1-16-13(19)18-6-4-17(5-7-18)9-10-2-3-11(14)8-12(10)15/h2-3,8H,4-7,9H2,1H3,(H,16,19).